The molecule has 0 atom stereocenters. The van der Waals surface area contributed by atoms with Crippen LogP contribution in [0.4, 0.5) is 22.4 Å². The van der Waals surface area contributed by atoms with Crippen LogP contribution in [-0.4, -0.2) is 52.8 Å². The van der Waals surface area contributed by atoms with E-state index in [2.05, 4.69) is 15.0 Å². The van der Waals surface area contributed by atoms with Crippen molar-refractivity contribution in [1.82, 2.24) is 15.2 Å². The van der Waals surface area contributed by atoms with E-state index in [-0.39, 0.29) is 35.0 Å². The van der Waals surface area contributed by atoms with Crippen molar-refractivity contribution in [3.63, 3.8) is 0 Å². The van der Waals surface area contributed by atoms with Crippen molar-refractivity contribution < 1.29 is 36.7 Å². The van der Waals surface area contributed by atoms with Crippen LogP contribution < -0.4 is 10.1 Å². The van der Waals surface area contributed by atoms with Crippen LogP contribution >= 0.6 is 11.8 Å². The van der Waals surface area contributed by atoms with Crippen molar-refractivity contribution in [3.05, 3.63) is 64.4 Å². The summed E-state index contributed by atoms with van der Waals surface area (Å²) in [4.78, 5) is 41.3. The van der Waals surface area contributed by atoms with Gasteiger partial charge in [0.15, 0.2) is 6.61 Å². The number of amides is 3. The highest BCUT2D eigenvalue weighted by Crippen LogP contribution is 2.32. The number of nitrogens with zero attached hydrogens (tertiary/aromatic N) is 2. The number of alkyl halides is 3. The SMILES string of the molecule is O=C(NCCN1C(=O)S/C(=C\c2ccccc2F)C1=O)c1ccc(OCC(F)(F)F)nc1. The number of aromatic nitrogens is 1. The van der Waals surface area contributed by atoms with Gasteiger partial charge in [0.05, 0.1) is 10.5 Å². The van der Waals surface area contributed by atoms with E-state index >= 15 is 0 Å². The van der Waals surface area contributed by atoms with Crippen molar-refractivity contribution in [2.75, 3.05) is 19.7 Å². The van der Waals surface area contributed by atoms with E-state index in [4.69, 9.17) is 0 Å². The fraction of sp³-hybridized carbons (Fsp3) is 0.200. The molecule has 0 radical (unpaired) electrons. The minimum Gasteiger partial charge on any atom is -0.468 e. The monoisotopic (exact) mass is 469 g/mol. The molecule has 2 aromatic rings. The normalized spacial score (nSPS) is 15.4. The van der Waals surface area contributed by atoms with E-state index in [0.717, 1.165) is 17.2 Å². The molecule has 168 valence electrons. The van der Waals surface area contributed by atoms with E-state index < -0.39 is 35.7 Å². The number of hydrogen-bond donors (Lipinski definition) is 1. The lowest BCUT2D eigenvalue weighted by molar-refractivity contribution is -0.154. The number of pyridine rings is 1. The maximum absolute atomic E-state index is 13.8. The molecule has 2 heterocycles. The van der Waals surface area contributed by atoms with Crippen molar-refractivity contribution in [2.24, 2.45) is 0 Å². The number of nitrogens with one attached hydrogen (secondary N) is 1. The molecule has 7 nitrogen and oxygen atoms in total. The van der Waals surface area contributed by atoms with Crippen LogP contribution in [0.2, 0.25) is 0 Å². The summed E-state index contributed by atoms with van der Waals surface area (Å²) in [5.74, 6) is -2.03. The standard InChI is InChI=1S/C20H15F4N3O4S/c21-14-4-2-1-3-12(14)9-15-18(29)27(19(30)32-15)8-7-25-17(28)13-5-6-16(26-10-13)31-11-20(22,23)24/h1-6,9-10H,7-8,11H2,(H,25,28)/b15-9-. The van der Waals surface area contributed by atoms with Gasteiger partial charge in [0.1, 0.15) is 5.82 Å². The van der Waals surface area contributed by atoms with Gasteiger partial charge >= 0.3 is 6.18 Å². The number of carbonyl (C=O) groups excluding carboxylic acids is 3. The molecule has 32 heavy (non-hydrogen) atoms. The molecule has 0 aliphatic carbocycles. The van der Waals surface area contributed by atoms with Gasteiger partial charge in [-0.05, 0) is 30.0 Å². The van der Waals surface area contributed by atoms with Gasteiger partial charge in [-0.1, -0.05) is 18.2 Å². The summed E-state index contributed by atoms with van der Waals surface area (Å²) >= 11 is 0.664. The maximum Gasteiger partial charge on any atom is 0.422 e. The van der Waals surface area contributed by atoms with Crippen molar-refractivity contribution in [3.8, 4) is 5.88 Å². The third-order valence-corrected chi connectivity index (χ3v) is 4.98. The summed E-state index contributed by atoms with van der Waals surface area (Å²) in [6, 6.07) is 8.14. The lowest BCUT2D eigenvalue weighted by Gasteiger charge is -2.13. The lowest BCUT2D eigenvalue weighted by atomic mass is 10.2. The molecule has 0 spiro atoms. The third kappa shape index (κ3) is 6.06. The van der Waals surface area contributed by atoms with E-state index in [9.17, 15) is 31.9 Å². The Labute approximate surface area is 183 Å². The summed E-state index contributed by atoms with van der Waals surface area (Å²) in [6.45, 7) is -1.70. The summed E-state index contributed by atoms with van der Waals surface area (Å²) in [7, 11) is 0. The average molecular weight is 469 g/mol. The van der Waals surface area contributed by atoms with Gasteiger partial charge in [-0.3, -0.25) is 19.3 Å². The molecule has 12 heteroatoms. The number of thioether (sulfide) groups is 1. The molecule has 0 saturated carbocycles. The highest BCUT2D eigenvalue weighted by atomic mass is 32.2. The molecule has 0 unspecified atom stereocenters. The van der Waals surface area contributed by atoms with Gasteiger partial charge < -0.3 is 10.1 Å². The zero-order valence-electron chi connectivity index (χ0n) is 16.2. The molecule has 3 rings (SSSR count). The quantitative estimate of drug-likeness (QED) is 0.492. The number of hydrogen-bond acceptors (Lipinski definition) is 6. The van der Waals surface area contributed by atoms with Crippen molar-refractivity contribution in [1.29, 1.82) is 0 Å². The Hall–Kier alpha value is -3.41. The second kappa shape index (κ2) is 9.81. The molecule has 1 fully saturated rings. The van der Waals surface area contributed by atoms with Crippen LogP contribution in [0.3, 0.4) is 0 Å². The molecule has 1 aliphatic heterocycles. The van der Waals surface area contributed by atoms with Gasteiger partial charge in [-0.15, -0.1) is 0 Å². The van der Waals surface area contributed by atoms with Crippen molar-refractivity contribution >= 4 is 34.9 Å². The second-order valence-electron chi connectivity index (χ2n) is 6.40. The molecule has 1 aromatic carbocycles. The molecular weight excluding hydrogens is 454 g/mol. The number of rotatable bonds is 7. The van der Waals surface area contributed by atoms with Gasteiger partial charge in [-0.25, -0.2) is 9.37 Å². The fourth-order valence-electron chi connectivity index (χ4n) is 2.57. The minimum absolute atomic E-state index is 0.0537. The largest absolute Gasteiger partial charge is 0.468 e. The van der Waals surface area contributed by atoms with Crippen molar-refractivity contribution in [2.45, 2.75) is 6.18 Å². The molecule has 0 bridgehead atoms. The maximum atomic E-state index is 13.8. The molecular formula is C20H15F4N3O4S. The first-order valence-electron chi connectivity index (χ1n) is 9.08. The average Bonchev–Trinajstić information content (AvgIpc) is 3.01. The van der Waals surface area contributed by atoms with Crippen LogP contribution in [0.25, 0.3) is 6.08 Å². The van der Waals surface area contributed by atoms with Crippen LogP contribution in [0.1, 0.15) is 15.9 Å². The first kappa shape index (κ1) is 23.3. The highest BCUT2D eigenvalue weighted by molar-refractivity contribution is 8.18. The van der Waals surface area contributed by atoms with E-state index in [0.29, 0.717) is 11.8 Å². The Balaban J connectivity index is 1.52. The zero-order valence-corrected chi connectivity index (χ0v) is 17.0. The number of benzene rings is 1. The smallest absolute Gasteiger partial charge is 0.422 e. The third-order valence-electron chi connectivity index (χ3n) is 4.07. The zero-order chi connectivity index (χ0) is 23.3. The number of imide groups is 1. The van der Waals surface area contributed by atoms with Crippen LogP contribution in [0, 0.1) is 5.82 Å². The number of halogens is 4. The first-order valence-corrected chi connectivity index (χ1v) is 9.89. The van der Waals surface area contributed by atoms with E-state index in [1.807, 2.05) is 0 Å². The number of ether oxygens (including phenoxy) is 1. The second-order valence-corrected chi connectivity index (χ2v) is 7.39. The summed E-state index contributed by atoms with van der Waals surface area (Å²) in [5, 5.41) is 1.93. The topological polar surface area (TPSA) is 88.6 Å². The molecule has 1 saturated heterocycles. The van der Waals surface area contributed by atoms with Crippen LogP contribution in [0.15, 0.2) is 47.5 Å². The Morgan fingerprint density at radius 3 is 2.59 bits per heavy atom. The van der Waals surface area contributed by atoms with Gasteiger partial charge in [-0.2, -0.15) is 13.2 Å². The Bertz CT molecular complexity index is 1060. The molecule has 3 amide bonds. The van der Waals surface area contributed by atoms with Gasteiger partial charge in [0, 0.05) is 30.9 Å². The summed E-state index contributed by atoms with van der Waals surface area (Å²) < 4.78 is 54.6. The molecule has 1 N–H and O–H groups in total. The van der Waals surface area contributed by atoms with E-state index in [1.165, 1.54) is 30.3 Å². The predicted molar refractivity (Wildman–Crippen MR) is 107 cm³/mol. The highest BCUT2D eigenvalue weighted by Gasteiger charge is 2.35. The number of carbonyl (C=O) groups is 3. The lowest BCUT2D eigenvalue weighted by Crippen LogP contribution is -2.37. The predicted octanol–water partition coefficient (Wildman–Crippen LogP) is 3.63. The van der Waals surface area contributed by atoms with Gasteiger partial charge in [0.2, 0.25) is 5.88 Å². The minimum atomic E-state index is -4.51. The Morgan fingerprint density at radius 1 is 1.19 bits per heavy atom. The van der Waals surface area contributed by atoms with Gasteiger partial charge in [0.25, 0.3) is 17.1 Å². The Kier molecular flexibility index (Phi) is 7.13. The first-order chi connectivity index (χ1) is 15.1. The Morgan fingerprint density at radius 2 is 1.94 bits per heavy atom. The van der Waals surface area contributed by atoms with E-state index in [1.54, 1.807) is 6.07 Å². The molecule has 1 aromatic heterocycles. The summed E-state index contributed by atoms with van der Waals surface area (Å²) in [6.07, 6.45) is -2.18. The van der Waals surface area contributed by atoms with Crippen LogP contribution in [-0.2, 0) is 4.79 Å². The molecule has 1 aliphatic rings. The fourth-order valence-corrected chi connectivity index (χ4v) is 3.42. The summed E-state index contributed by atoms with van der Waals surface area (Å²) in [5.41, 5.74) is 0.222. The van der Waals surface area contributed by atoms with Crippen LogP contribution in [0.5, 0.6) is 5.88 Å².